The van der Waals surface area contributed by atoms with Gasteiger partial charge in [0, 0.05) is 19.6 Å². The first-order valence-electron chi connectivity index (χ1n) is 5.91. The van der Waals surface area contributed by atoms with Crippen LogP contribution in [0.2, 0.25) is 0 Å². The summed E-state index contributed by atoms with van der Waals surface area (Å²) in [5, 5.41) is 23.3. The van der Waals surface area contributed by atoms with Gasteiger partial charge in [-0.1, -0.05) is 6.92 Å². The van der Waals surface area contributed by atoms with Crippen LogP contribution in [0.4, 0.5) is 0 Å². The largest absolute Gasteiger partial charge is 0.480 e. The van der Waals surface area contributed by atoms with Crippen LogP contribution in [0.15, 0.2) is 0 Å². The van der Waals surface area contributed by atoms with Gasteiger partial charge in [-0.25, -0.2) is 4.79 Å². The lowest BCUT2D eigenvalue weighted by atomic mass is 9.83. The summed E-state index contributed by atoms with van der Waals surface area (Å²) in [4.78, 5) is 23.0. The number of aliphatic hydroxyl groups excluding tert-OH is 1. The number of hydrogen-bond donors (Lipinski definition) is 4. The van der Waals surface area contributed by atoms with Gasteiger partial charge >= 0.3 is 5.97 Å². The van der Waals surface area contributed by atoms with E-state index in [1.807, 2.05) is 6.92 Å². The summed E-state index contributed by atoms with van der Waals surface area (Å²) >= 11 is 0. The number of carboxylic acid groups (broad SMARTS) is 1. The molecule has 0 bridgehead atoms. The second kappa shape index (κ2) is 5.97. The molecular formula is C11H20N2O4. The first kappa shape index (κ1) is 13.9. The van der Waals surface area contributed by atoms with Crippen molar-refractivity contribution in [3.63, 3.8) is 0 Å². The van der Waals surface area contributed by atoms with Gasteiger partial charge in [-0.3, -0.25) is 4.79 Å². The van der Waals surface area contributed by atoms with Crippen molar-refractivity contribution < 1.29 is 19.8 Å². The predicted molar refractivity (Wildman–Crippen MR) is 61.5 cm³/mol. The molecule has 6 heteroatoms. The van der Waals surface area contributed by atoms with E-state index in [9.17, 15) is 9.59 Å². The molecule has 1 aliphatic heterocycles. The average molecular weight is 244 g/mol. The Morgan fingerprint density at radius 1 is 1.53 bits per heavy atom. The van der Waals surface area contributed by atoms with Gasteiger partial charge in [0.1, 0.15) is 6.04 Å². The lowest BCUT2D eigenvalue weighted by Crippen LogP contribution is -2.49. The molecule has 1 fully saturated rings. The highest BCUT2D eigenvalue weighted by atomic mass is 16.4. The minimum Gasteiger partial charge on any atom is -0.480 e. The van der Waals surface area contributed by atoms with Gasteiger partial charge < -0.3 is 20.8 Å². The van der Waals surface area contributed by atoms with E-state index in [1.165, 1.54) is 0 Å². The Hall–Kier alpha value is -1.14. The van der Waals surface area contributed by atoms with Crippen LogP contribution in [0.5, 0.6) is 0 Å². The van der Waals surface area contributed by atoms with Gasteiger partial charge in [-0.2, -0.15) is 0 Å². The zero-order chi connectivity index (χ0) is 12.9. The van der Waals surface area contributed by atoms with Crippen molar-refractivity contribution in [2.45, 2.75) is 32.2 Å². The molecule has 0 aromatic rings. The van der Waals surface area contributed by atoms with Crippen LogP contribution < -0.4 is 10.6 Å². The van der Waals surface area contributed by atoms with Crippen LogP contribution in [0.1, 0.15) is 26.2 Å². The van der Waals surface area contributed by atoms with Crippen molar-refractivity contribution >= 4 is 11.9 Å². The van der Waals surface area contributed by atoms with E-state index in [0.717, 1.165) is 13.0 Å². The van der Waals surface area contributed by atoms with E-state index < -0.39 is 17.4 Å². The number of aliphatic hydroxyl groups is 1. The third-order valence-electron chi connectivity index (χ3n) is 3.42. The quantitative estimate of drug-likeness (QED) is 0.496. The van der Waals surface area contributed by atoms with E-state index in [0.29, 0.717) is 13.0 Å². The van der Waals surface area contributed by atoms with Crippen molar-refractivity contribution in [1.29, 1.82) is 0 Å². The van der Waals surface area contributed by atoms with E-state index >= 15 is 0 Å². The van der Waals surface area contributed by atoms with Gasteiger partial charge in [0.15, 0.2) is 0 Å². The molecule has 0 saturated carbocycles. The molecule has 0 aromatic heterocycles. The molecule has 98 valence electrons. The summed E-state index contributed by atoms with van der Waals surface area (Å²) in [5.41, 5.74) is -0.497. The summed E-state index contributed by atoms with van der Waals surface area (Å²) in [5.74, 6) is -1.34. The first-order chi connectivity index (χ1) is 8.05. The summed E-state index contributed by atoms with van der Waals surface area (Å²) in [6.07, 6.45) is 1.44. The van der Waals surface area contributed by atoms with E-state index in [1.54, 1.807) is 0 Å². The maximum Gasteiger partial charge on any atom is 0.326 e. The van der Waals surface area contributed by atoms with Crippen molar-refractivity contribution in [2.75, 3.05) is 19.7 Å². The zero-order valence-electron chi connectivity index (χ0n) is 10.0. The third kappa shape index (κ3) is 3.17. The lowest BCUT2D eigenvalue weighted by Gasteiger charge is -2.27. The summed E-state index contributed by atoms with van der Waals surface area (Å²) in [7, 11) is 0. The molecule has 1 amide bonds. The molecule has 2 atom stereocenters. The van der Waals surface area contributed by atoms with Crippen molar-refractivity contribution in [3.05, 3.63) is 0 Å². The van der Waals surface area contributed by atoms with Gasteiger partial charge in [-0.15, -0.1) is 0 Å². The van der Waals surface area contributed by atoms with Crippen LogP contribution in [-0.2, 0) is 9.59 Å². The molecule has 6 nitrogen and oxygen atoms in total. The van der Waals surface area contributed by atoms with E-state index in [-0.39, 0.29) is 18.9 Å². The number of carbonyl (C=O) groups excluding carboxylic acids is 1. The number of rotatable bonds is 6. The number of carbonyl (C=O) groups is 2. The van der Waals surface area contributed by atoms with Crippen LogP contribution >= 0.6 is 0 Å². The highest BCUT2D eigenvalue weighted by molar-refractivity contribution is 5.87. The standard InChI is InChI=1S/C11H20N2O4/c1-2-11(4-5-12-7-11)10(17)13-8(3-6-14)9(15)16/h8,12,14H,2-7H2,1H3,(H,13,17)(H,15,16)/t8-,11?/m0/s1. The molecule has 0 aromatic carbocycles. The Bertz CT molecular complexity index is 287. The smallest absolute Gasteiger partial charge is 0.326 e. The average Bonchev–Trinajstić information content (AvgIpc) is 2.78. The van der Waals surface area contributed by atoms with Crippen LogP contribution in [0.25, 0.3) is 0 Å². The van der Waals surface area contributed by atoms with E-state index in [2.05, 4.69) is 10.6 Å². The third-order valence-corrected chi connectivity index (χ3v) is 3.42. The molecule has 0 spiro atoms. The van der Waals surface area contributed by atoms with Crippen molar-refractivity contribution in [3.8, 4) is 0 Å². The molecule has 1 aliphatic rings. The maximum atomic E-state index is 12.1. The van der Waals surface area contributed by atoms with Crippen LogP contribution in [0, 0.1) is 5.41 Å². The first-order valence-corrected chi connectivity index (χ1v) is 5.91. The van der Waals surface area contributed by atoms with Gasteiger partial charge in [-0.05, 0) is 19.4 Å². The number of amides is 1. The molecule has 0 radical (unpaired) electrons. The fraction of sp³-hybridized carbons (Fsp3) is 0.818. The maximum absolute atomic E-state index is 12.1. The summed E-state index contributed by atoms with van der Waals surface area (Å²) in [6.45, 7) is 3.03. The summed E-state index contributed by atoms with van der Waals surface area (Å²) < 4.78 is 0. The molecule has 0 aliphatic carbocycles. The number of aliphatic carboxylic acids is 1. The molecule has 1 rings (SSSR count). The van der Waals surface area contributed by atoms with E-state index in [4.69, 9.17) is 10.2 Å². The Morgan fingerprint density at radius 2 is 2.24 bits per heavy atom. The van der Waals surface area contributed by atoms with Crippen molar-refractivity contribution in [2.24, 2.45) is 5.41 Å². The van der Waals surface area contributed by atoms with Gasteiger partial charge in [0.05, 0.1) is 5.41 Å². The minimum absolute atomic E-state index is 0.0360. The SMILES string of the molecule is CCC1(C(=O)N[C@@H](CCO)C(=O)O)CCNC1. The second-order valence-corrected chi connectivity index (χ2v) is 4.44. The fourth-order valence-corrected chi connectivity index (χ4v) is 2.10. The summed E-state index contributed by atoms with van der Waals surface area (Å²) in [6, 6.07) is -1.00. The van der Waals surface area contributed by atoms with Crippen LogP contribution in [0.3, 0.4) is 0 Å². The minimum atomic E-state index is -1.11. The fourth-order valence-electron chi connectivity index (χ4n) is 2.10. The zero-order valence-corrected chi connectivity index (χ0v) is 10.0. The van der Waals surface area contributed by atoms with Crippen molar-refractivity contribution in [1.82, 2.24) is 10.6 Å². The molecule has 1 unspecified atom stereocenters. The molecule has 1 saturated heterocycles. The lowest BCUT2D eigenvalue weighted by molar-refractivity contribution is -0.144. The molecular weight excluding hydrogens is 224 g/mol. The Balaban J connectivity index is 2.65. The topological polar surface area (TPSA) is 98.7 Å². The number of carboxylic acids is 1. The Kier molecular flexibility index (Phi) is 4.89. The number of nitrogens with one attached hydrogen (secondary N) is 2. The second-order valence-electron chi connectivity index (χ2n) is 4.44. The normalized spacial score (nSPS) is 25.5. The molecule has 17 heavy (non-hydrogen) atoms. The Morgan fingerprint density at radius 3 is 2.65 bits per heavy atom. The molecule has 1 heterocycles. The monoisotopic (exact) mass is 244 g/mol. The number of hydrogen-bond acceptors (Lipinski definition) is 4. The predicted octanol–water partition coefficient (Wildman–Crippen LogP) is -0.672. The highest BCUT2D eigenvalue weighted by Crippen LogP contribution is 2.29. The molecule has 4 N–H and O–H groups in total. The Labute approximate surface area is 100 Å². The van der Waals surface area contributed by atoms with Gasteiger partial charge in [0.25, 0.3) is 0 Å². The van der Waals surface area contributed by atoms with Gasteiger partial charge in [0.2, 0.25) is 5.91 Å². The van der Waals surface area contributed by atoms with Crippen LogP contribution in [-0.4, -0.2) is 47.8 Å². The highest BCUT2D eigenvalue weighted by Gasteiger charge is 2.40.